The first-order valence-electron chi connectivity index (χ1n) is 6.41. The normalized spacial score (nSPS) is 11.0. The predicted molar refractivity (Wildman–Crippen MR) is 79.8 cm³/mol. The van der Waals surface area contributed by atoms with Crippen LogP contribution < -0.4 is 11.1 Å². The van der Waals surface area contributed by atoms with Crippen molar-refractivity contribution >= 4 is 18.3 Å². The van der Waals surface area contributed by atoms with Gasteiger partial charge in [-0.1, -0.05) is 0 Å². The molecule has 0 aliphatic rings. The second-order valence-electron chi connectivity index (χ2n) is 5.48. The smallest absolute Gasteiger partial charge is 0.254 e. The monoisotopic (exact) mass is 288 g/mol. The molecule has 0 atom stereocenters. The van der Waals surface area contributed by atoms with Crippen LogP contribution in [0.2, 0.25) is 0 Å². The molecule has 1 aromatic heterocycles. The summed E-state index contributed by atoms with van der Waals surface area (Å²) in [7, 11) is 0. The van der Waals surface area contributed by atoms with Crippen LogP contribution in [0.25, 0.3) is 0 Å². The topological polar surface area (TPSA) is 72.9 Å². The van der Waals surface area contributed by atoms with Gasteiger partial charge in [-0.05, 0) is 47.1 Å². The maximum absolute atomic E-state index is 12.0. The highest BCUT2D eigenvalue weighted by Crippen LogP contribution is 2.18. The van der Waals surface area contributed by atoms with Gasteiger partial charge < -0.3 is 11.1 Å². The maximum Gasteiger partial charge on any atom is 0.254 e. The van der Waals surface area contributed by atoms with Gasteiger partial charge >= 0.3 is 0 Å². The Bertz CT molecular complexity index is 409. The lowest BCUT2D eigenvalue weighted by Gasteiger charge is -2.21. The van der Waals surface area contributed by atoms with E-state index in [4.69, 9.17) is 5.73 Å². The zero-order valence-electron chi connectivity index (χ0n) is 12.2. The molecule has 5 nitrogen and oxygen atoms in total. The lowest BCUT2D eigenvalue weighted by atomic mass is 10.1. The van der Waals surface area contributed by atoms with Crippen LogP contribution in [0.5, 0.6) is 0 Å². The van der Waals surface area contributed by atoms with Crippen molar-refractivity contribution in [3.63, 3.8) is 0 Å². The number of nitrogens with zero attached hydrogens (tertiary/aromatic N) is 2. The van der Waals surface area contributed by atoms with E-state index in [9.17, 15) is 4.79 Å². The molecule has 0 saturated carbocycles. The Morgan fingerprint density at radius 2 is 2.05 bits per heavy atom. The van der Waals surface area contributed by atoms with Gasteiger partial charge in [-0.2, -0.15) is 5.10 Å². The molecule has 1 rings (SSSR count). The van der Waals surface area contributed by atoms with Crippen molar-refractivity contribution in [2.45, 2.75) is 46.1 Å². The number of nitrogens with two attached hydrogens (primary N) is 1. The molecule has 0 spiro atoms. The Balaban J connectivity index is 0.00000324. The third-order valence-corrected chi connectivity index (χ3v) is 2.81. The molecule has 6 heteroatoms. The van der Waals surface area contributed by atoms with Gasteiger partial charge in [-0.3, -0.25) is 9.48 Å². The quantitative estimate of drug-likeness (QED) is 0.812. The van der Waals surface area contributed by atoms with E-state index in [2.05, 4.69) is 31.2 Å². The van der Waals surface area contributed by atoms with Crippen molar-refractivity contribution in [3.8, 4) is 0 Å². The average molecular weight is 289 g/mol. The van der Waals surface area contributed by atoms with E-state index in [-0.39, 0.29) is 23.9 Å². The van der Waals surface area contributed by atoms with Crippen LogP contribution in [-0.2, 0) is 5.54 Å². The van der Waals surface area contributed by atoms with Crippen LogP contribution in [-0.4, -0.2) is 28.8 Å². The summed E-state index contributed by atoms with van der Waals surface area (Å²) in [4.78, 5) is 12.0. The Kier molecular flexibility index (Phi) is 7.08. The predicted octanol–water partition coefficient (Wildman–Crippen LogP) is 1.84. The van der Waals surface area contributed by atoms with E-state index in [1.165, 1.54) is 0 Å². The fraction of sp³-hybridized carbons (Fsp3) is 0.692. The molecule has 0 aromatic carbocycles. The van der Waals surface area contributed by atoms with Gasteiger partial charge in [0.05, 0.1) is 17.3 Å². The van der Waals surface area contributed by atoms with Crippen molar-refractivity contribution < 1.29 is 4.79 Å². The van der Waals surface area contributed by atoms with Gasteiger partial charge in [0.2, 0.25) is 0 Å². The SMILES string of the molecule is Cc1c(C(=O)NCCCCN)cnn1C(C)(C)C.Cl. The third kappa shape index (κ3) is 4.84. The van der Waals surface area contributed by atoms with E-state index < -0.39 is 0 Å². The van der Waals surface area contributed by atoms with Gasteiger partial charge in [0, 0.05) is 12.2 Å². The van der Waals surface area contributed by atoms with Crippen LogP contribution in [0.15, 0.2) is 6.20 Å². The van der Waals surface area contributed by atoms with Crippen molar-refractivity contribution in [1.29, 1.82) is 0 Å². The molecular formula is C13H25ClN4O. The molecule has 19 heavy (non-hydrogen) atoms. The Morgan fingerprint density at radius 1 is 1.42 bits per heavy atom. The number of nitrogens with one attached hydrogen (secondary N) is 1. The molecule has 110 valence electrons. The number of unbranched alkanes of at least 4 members (excludes halogenated alkanes) is 1. The second kappa shape index (κ2) is 7.50. The third-order valence-electron chi connectivity index (χ3n) is 2.81. The Labute approximate surface area is 121 Å². The molecule has 0 bridgehead atoms. The molecule has 3 N–H and O–H groups in total. The van der Waals surface area contributed by atoms with E-state index in [1.54, 1.807) is 6.20 Å². The summed E-state index contributed by atoms with van der Waals surface area (Å²) in [6.07, 6.45) is 3.48. The number of rotatable bonds is 5. The highest BCUT2D eigenvalue weighted by atomic mass is 35.5. The standard InChI is InChI=1S/C13H24N4O.ClH/c1-10-11(9-16-17(10)13(2,3)4)12(18)15-8-6-5-7-14;/h9H,5-8,14H2,1-4H3,(H,15,18);1H. The van der Waals surface area contributed by atoms with E-state index in [0.717, 1.165) is 18.5 Å². The largest absolute Gasteiger partial charge is 0.352 e. The molecule has 0 fully saturated rings. The average Bonchev–Trinajstić information content (AvgIpc) is 2.66. The summed E-state index contributed by atoms with van der Waals surface area (Å²) in [5.41, 5.74) is 6.85. The zero-order chi connectivity index (χ0) is 13.8. The number of hydrogen-bond donors (Lipinski definition) is 2. The lowest BCUT2D eigenvalue weighted by molar-refractivity contribution is 0.0952. The van der Waals surface area contributed by atoms with E-state index >= 15 is 0 Å². The molecule has 1 aromatic rings. The lowest BCUT2D eigenvalue weighted by Crippen LogP contribution is -2.27. The molecule has 0 aliphatic heterocycles. The molecular weight excluding hydrogens is 264 g/mol. The summed E-state index contributed by atoms with van der Waals surface area (Å²) in [5.74, 6) is -0.0555. The van der Waals surface area contributed by atoms with Crippen LogP contribution in [0.1, 0.15) is 49.7 Å². The number of aromatic nitrogens is 2. The summed E-state index contributed by atoms with van der Waals surface area (Å²) in [6, 6.07) is 0. The van der Waals surface area contributed by atoms with E-state index in [0.29, 0.717) is 18.7 Å². The van der Waals surface area contributed by atoms with Crippen molar-refractivity contribution in [1.82, 2.24) is 15.1 Å². The second-order valence-corrected chi connectivity index (χ2v) is 5.48. The van der Waals surface area contributed by atoms with Crippen LogP contribution >= 0.6 is 12.4 Å². The fourth-order valence-corrected chi connectivity index (χ4v) is 1.88. The van der Waals surface area contributed by atoms with Crippen molar-refractivity contribution in [2.24, 2.45) is 5.73 Å². The van der Waals surface area contributed by atoms with Crippen molar-refractivity contribution in [3.05, 3.63) is 17.5 Å². The number of hydrogen-bond acceptors (Lipinski definition) is 3. The highest BCUT2D eigenvalue weighted by molar-refractivity contribution is 5.95. The molecule has 0 unspecified atom stereocenters. The summed E-state index contributed by atoms with van der Waals surface area (Å²) >= 11 is 0. The van der Waals surface area contributed by atoms with Gasteiger partial charge in [0.25, 0.3) is 5.91 Å². The van der Waals surface area contributed by atoms with Gasteiger partial charge in [-0.15, -0.1) is 12.4 Å². The van der Waals surface area contributed by atoms with Gasteiger partial charge in [-0.25, -0.2) is 0 Å². The van der Waals surface area contributed by atoms with E-state index in [1.807, 2.05) is 11.6 Å². The molecule has 1 amide bonds. The first-order chi connectivity index (χ1) is 8.38. The summed E-state index contributed by atoms with van der Waals surface area (Å²) in [6.45, 7) is 9.45. The summed E-state index contributed by atoms with van der Waals surface area (Å²) < 4.78 is 1.88. The van der Waals surface area contributed by atoms with Gasteiger partial charge in [0.1, 0.15) is 0 Å². The minimum Gasteiger partial charge on any atom is -0.352 e. The molecule has 1 heterocycles. The zero-order valence-corrected chi connectivity index (χ0v) is 13.0. The number of halogens is 1. The molecule has 0 saturated heterocycles. The Morgan fingerprint density at radius 3 is 2.53 bits per heavy atom. The first-order valence-corrected chi connectivity index (χ1v) is 6.41. The van der Waals surface area contributed by atoms with Crippen LogP contribution in [0.4, 0.5) is 0 Å². The van der Waals surface area contributed by atoms with Gasteiger partial charge in [0.15, 0.2) is 0 Å². The molecule has 0 aliphatic carbocycles. The maximum atomic E-state index is 12.0. The summed E-state index contributed by atoms with van der Waals surface area (Å²) in [5, 5.41) is 7.18. The minimum atomic E-state index is -0.109. The number of amides is 1. The van der Waals surface area contributed by atoms with Crippen LogP contribution in [0, 0.1) is 6.92 Å². The fourth-order valence-electron chi connectivity index (χ4n) is 1.88. The number of carbonyl (C=O) groups excluding carboxylic acids is 1. The highest BCUT2D eigenvalue weighted by Gasteiger charge is 2.21. The number of carbonyl (C=O) groups is 1. The minimum absolute atomic E-state index is 0. The van der Waals surface area contributed by atoms with Crippen molar-refractivity contribution in [2.75, 3.05) is 13.1 Å². The Hall–Kier alpha value is -1.07. The molecule has 0 radical (unpaired) electrons. The first kappa shape index (κ1) is 17.9. The van der Waals surface area contributed by atoms with Crippen LogP contribution in [0.3, 0.4) is 0 Å².